The molecule has 2 N–H and O–H groups in total. The fraction of sp³-hybridized carbons (Fsp3) is 0.667. The third kappa shape index (κ3) is 3.50. The maximum absolute atomic E-state index is 11.1. The zero-order valence-corrected chi connectivity index (χ0v) is 7.66. The molecule has 0 aromatic carbocycles. The van der Waals surface area contributed by atoms with Crippen molar-refractivity contribution in [3.8, 4) is 0 Å². The minimum Gasteiger partial charge on any atom is -0.444 e. The molecule has 0 radical (unpaired) electrons. The van der Waals surface area contributed by atoms with Gasteiger partial charge in [-0.1, -0.05) is 5.10 Å². The molecule has 7 heteroatoms. The lowest BCUT2D eigenvalue weighted by atomic mass is 10.2. The fourth-order valence-corrected chi connectivity index (χ4v) is 0.610. The van der Waals surface area contributed by atoms with E-state index in [0.29, 0.717) is 0 Å². The molecule has 0 atom stereocenters. The normalized spacial score (nSPS) is 11.0. The first-order valence-corrected chi connectivity index (χ1v) is 3.71. The van der Waals surface area contributed by atoms with Gasteiger partial charge in [0.15, 0.2) is 0 Å². The Balaban J connectivity index is 2.43. The number of H-pyrrole nitrogens is 1. The number of hydrogen-bond donors (Lipinski definition) is 2. The van der Waals surface area contributed by atoms with Crippen molar-refractivity contribution in [2.75, 3.05) is 5.32 Å². The topological polar surface area (TPSA) is 92.8 Å². The number of ether oxygens (including phenoxy) is 1. The monoisotopic (exact) mass is 185 g/mol. The Hall–Kier alpha value is -1.66. The molecule has 1 aromatic rings. The summed E-state index contributed by atoms with van der Waals surface area (Å²) in [6.07, 6.45) is -0.603. The summed E-state index contributed by atoms with van der Waals surface area (Å²) in [5.74, 6) is 0.0919. The van der Waals surface area contributed by atoms with Crippen molar-refractivity contribution in [3.63, 3.8) is 0 Å². The molecular formula is C6H11N5O2. The van der Waals surface area contributed by atoms with Crippen molar-refractivity contribution in [3.05, 3.63) is 0 Å². The molecular weight excluding hydrogens is 174 g/mol. The van der Waals surface area contributed by atoms with Crippen LogP contribution in [0.1, 0.15) is 20.8 Å². The number of anilines is 1. The molecule has 0 aliphatic carbocycles. The third-order valence-corrected chi connectivity index (χ3v) is 0.958. The highest BCUT2D eigenvalue weighted by Gasteiger charge is 2.16. The highest BCUT2D eigenvalue weighted by atomic mass is 16.6. The SMILES string of the molecule is CC(C)(C)OC(=O)Nc1nn[nH]n1. The van der Waals surface area contributed by atoms with Crippen molar-refractivity contribution >= 4 is 12.0 Å². The highest BCUT2D eigenvalue weighted by molar-refractivity contribution is 5.82. The van der Waals surface area contributed by atoms with Gasteiger partial charge in [-0.25, -0.2) is 4.79 Å². The summed E-state index contributed by atoms with van der Waals surface area (Å²) in [7, 11) is 0. The van der Waals surface area contributed by atoms with E-state index in [4.69, 9.17) is 4.74 Å². The van der Waals surface area contributed by atoms with Crippen LogP contribution >= 0.6 is 0 Å². The van der Waals surface area contributed by atoms with Gasteiger partial charge in [-0.05, 0) is 26.0 Å². The molecule has 1 amide bonds. The first-order chi connectivity index (χ1) is 5.97. The van der Waals surface area contributed by atoms with Crippen LogP contribution in [0.5, 0.6) is 0 Å². The van der Waals surface area contributed by atoms with Gasteiger partial charge in [0, 0.05) is 0 Å². The van der Waals surface area contributed by atoms with Crippen LogP contribution in [0.4, 0.5) is 10.7 Å². The summed E-state index contributed by atoms with van der Waals surface area (Å²) in [6, 6.07) is 0. The second-order valence-electron chi connectivity index (χ2n) is 3.36. The van der Waals surface area contributed by atoms with Gasteiger partial charge in [-0.15, -0.1) is 5.10 Å². The number of aromatic amines is 1. The second-order valence-corrected chi connectivity index (χ2v) is 3.36. The van der Waals surface area contributed by atoms with E-state index in [2.05, 4.69) is 25.9 Å². The summed E-state index contributed by atoms with van der Waals surface area (Å²) in [5, 5.41) is 14.8. The van der Waals surface area contributed by atoms with E-state index in [1.54, 1.807) is 20.8 Å². The van der Waals surface area contributed by atoms with Crippen LogP contribution in [0.3, 0.4) is 0 Å². The number of hydrogen-bond acceptors (Lipinski definition) is 5. The number of aromatic nitrogens is 4. The van der Waals surface area contributed by atoms with Gasteiger partial charge in [0.2, 0.25) is 0 Å². The predicted molar refractivity (Wildman–Crippen MR) is 44.0 cm³/mol. The Bertz CT molecular complexity index is 276. The van der Waals surface area contributed by atoms with E-state index < -0.39 is 11.7 Å². The van der Waals surface area contributed by atoms with E-state index in [0.717, 1.165) is 0 Å². The zero-order chi connectivity index (χ0) is 9.90. The molecule has 0 saturated heterocycles. The molecule has 0 bridgehead atoms. The Morgan fingerprint density at radius 2 is 2.23 bits per heavy atom. The average Bonchev–Trinajstić information content (AvgIpc) is 2.34. The Kier molecular flexibility index (Phi) is 2.45. The summed E-state index contributed by atoms with van der Waals surface area (Å²) >= 11 is 0. The molecule has 13 heavy (non-hydrogen) atoms. The van der Waals surface area contributed by atoms with E-state index in [1.807, 2.05) is 0 Å². The van der Waals surface area contributed by atoms with Crippen molar-refractivity contribution < 1.29 is 9.53 Å². The summed E-state index contributed by atoms with van der Waals surface area (Å²) < 4.78 is 4.94. The Morgan fingerprint density at radius 3 is 2.69 bits per heavy atom. The van der Waals surface area contributed by atoms with Gasteiger partial charge >= 0.3 is 6.09 Å². The van der Waals surface area contributed by atoms with E-state index in [1.165, 1.54) is 0 Å². The lowest BCUT2D eigenvalue weighted by molar-refractivity contribution is 0.0634. The van der Waals surface area contributed by atoms with E-state index in [-0.39, 0.29) is 5.95 Å². The van der Waals surface area contributed by atoms with Gasteiger partial charge in [-0.2, -0.15) is 5.21 Å². The smallest absolute Gasteiger partial charge is 0.414 e. The molecule has 72 valence electrons. The number of nitrogens with one attached hydrogen (secondary N) is 2. The van der Waals surface area contributed by atoms with Crippen LogP contribution in [-0.4, -0.2) is 32.3 Å². The quantitative estimate of drug-likeness (QED) is 0.666. The number of rotatable bonds is 1. The van der Waals surface area contributed by atoms with Crippen molar-refractivity contribution in [2.45, 2.75) is 26.4 Å². The van der Waals surface area contributed by atoms with Gasteiger partial charge in [0.25, 0.3) is 5.95 Å². The minimum atomic E-state index is -0.603. The van der Waals surface area contributed by atoms with Crippen molar-refractivity contribution in [1.82, 2.24) is 20.6 Å². The molecule has 1 heterocycles. The van der Waals surface area contributed by atoms with Crippen LogP contribution < -0.4 is 5.32 Å². The van der Waals surface area contributed by atoms with Crippen LogP contribution in [0.25, 0.3) is 0 Å². The predicted octanol–water partition coefficient (Wildman–Crippen LogP) is 0.547. The lowest BCUT2D eigenvalue weighted by Crippen LogP contribution is -2.27. The van der Waals surface area contributed by atoms with Crippen LogP contribution in [-0.2, 0) is 4.74 Å². The number of carbonyl (C=O) groups is 1. The minimum absolute atomic E-state index is 0.0919. The van der Waals surface area contributed by atoms with Crippen LogP contribution in [0, 0.1) is 0 Å². The van der Waals surface area contributed by atoms with E-state index in [9.17, 15) is 4.79 Å². The third-order valence-electron chi connectivity index (χ3n) is 0.958. The van der Waals surface area contributed by atoms with Crippen molar-refractivity contribution in [1.29, 1.82) is 0 Å². The molecule has 1 rings (SSSR count). The first kappa shape index (κ1) is 9.43. The molecule has 0 saturated carbocycles. The summed E-state index contributed by atoms with van der Waals surface area (Å²) in [6.45, 7) is 5.30. The molecule has 0 aliphatic heterocycles. The Labute approximate surface area is 74.9 Å². The molecule has 0 aliphatic rings. The standard InChI is InChI=1S/C6H11N5O2/c1-6(2,3)13-5(12)7-4-8-10-11-9-4/h1-3H3,(H2,7,8,9,10,11,12). The maximum Gasteiger partial charge on any atom is 0.414 e. The molecule has 0 spiro atoms. The number of tetrazole rings is 1. The van der Waals surface area contributed by atoms with Gasteiger partial charge < -0.3 is 4.74 Å². The number of nitrogens with zero attached hydrogens (tertiary/aromatic N) is 3. The van der Waals surface area contributed by atoms with Crippen LogP contribution in [0.15, 0.2) is 0 Å². The van der Waals surface area contributed by atoms with Crippen molar-refractivity contribution in [2.24, 2.45) is 0 Å². The van der Waals surface area contributed by atoms with Gasteiger partial charge in [-0.3, -0.25) is 5.32 Å². The fourth-order valence-electron chi connectivity index (χ4n) is 0.610. The highest BCUT2D eigenvalue weighted by Crippen LogP contribution is 2.07. The molecule has 7 nitrogen and oxygen atoms in total. The zero-order valence-electron chi connectivity index (χ0n) is 7.66. The molecule has 1 aromatic heterocycles. The van der Waals surface area contributed by atoms with Gasteiger partial charge in [0.1, 0.15) is 5.60 Å². The van der Waals surface area contributed by atoms with E-state index >= 15 is 0 Å². The molecule has 0 unspecified atom stereocenters. The van der Waals surface area contributed by atoms with Crippen LogP contribution in [0.2, 0.25) is 0 Å². The largest absolute Gasteiger partial charge is 0.444 e. The first-order valence-electron chi connectivity index (χ1n) is 3.71. The lowest BCUT2D eigenvalue weighted by Gasteiger charge is -2.18. The summed E-state index contributed by atoms with van der Waals surface area (Å²) in [4.78, 5) is 11.1. The Morgan fingerprint density at radius 1 is 1.54 bits per heavy atom. The molecule has 0 fully saturated rings. The number of amides is 1. The summed E-state index contributed by atoms with van der Waals surface area (Å²) in [5.41, 5.74) is -0.534. The maximum atomic E-state index is 11.1. The second kappa shape index (κ2) is 3.38. The number of carbonyl (C=O) groups excluding carboxylic acids is 1. The van der Waals surface area contributed by atoms with Gasteiger partial charge in [0.05, 0.1) is 0 Å². The average molecular weight is 185 g/mol.